The third-order valence-corrected chi connectivity index (χ3v) is 2.89. The van der Waals surface area contributed by atoms with Gasteiger partial charge in [-0.2, -0.15) is 0 Å². The molecule has 1 unspecified atom stereocenters. The van der Waals surface area contributed by atoms with Gasteiger partial charge in [0.1, 0.15) is 0 Å². The predicted molar refractivity (Wildman–Crippen MR) is 59.5 cm³/mol. The lowest BCUT2D eigenvalue weighted by molar-refractivity contribution is -0.153. The number of aromatic nitrogens is 1. The predicted octanol–water partition coefficient (Wildman–Crippen LogP) is 1.37. The maximum Gasteiger partial charge on any atom is 0.362 e. The molecule has 0 radical (unpaired) electrons. The van der Waals surface area contributed by atoms with Crippen LogP contribution in [0, 0.1) is 0 Å². The third kappa shape index (κ3) is 2.09. The minimum Gasteiger partial charge on any atom is -0.462 e. The Balaban J connectivity index is 2.41. The highest BCUT2D eigenvalue weighted by atomic mass is 19.1. The molecule has 1 heterocycles. The Morgan fingerprint density at radius 2 is 2.29 bits per heavy atom. The van der Waals surface area contributed by atoms with Gasteiger partial charge in [0.05, 0.1) is 6.61 Å². The summed E-state index contributed by atoms with van der Waals surface area (Å²) in [6.45, 7) is 1.70. The number of carbonyl (C=O) groups excluding carboxylic acids is 1. The zero-order valence-corrected chi connectivity index (χ0v) is 9.61. The normalized spacial score (nSPS) is 15.4. The second-order valence-electron chi connectivity index (χ2n) is 3.95. The Morgan fingerprint density at radius 3 is 3.00 bits per heavy atom. The molecule has 0 amide bonds. The van der Waals surface area contributed by atoms with Crippen LogP contribution in [0.2, 0.25) is 0 Å². The van der Waals surface area contributed by atoms with Gasteiger partial charge in [0, 0.05) is 11.8 Å². The summed E-state index contributed by atoms with van der Waals surface area (Å²) in [5, 5.41) is 0. The number of esters is 1. The molecule has 5 heteroatoms. The van der Waals surface area contributed by atoms with Crippen LogP contribution in [0.5, 0.6) is 0 Å². The molecule has 17 heavy (non-hydrogen) atoms. The summed E-state index contributed by atoms with van der Waals surface area (Å²) in [6, 6.07) is 3.01. The van der Waals surface area contributed by atoms with E-state index in [1.165, 1.54) is 6.07 Å². The maximum atomic E-state index is 13.9. The molecule has 0 aliphatic heterocycles. The van der Waals surface area contributed by atoms with Crippen LogP contribution in [0.3, 0.4) is 0 Å². The van der Waals surface area contributed by atoms with Crippen LogP contribution < -0.4 is 5.56 Å². The zero-order chi connectivity index (χ0) is 12.4. The first-order chi connectivity index (χ1) is 8.15. The molecule has 2 rings (SSSR count). The molecule has 0 saturated carbocycles. The molecule has 0 fully saturated rings. The Hall–Kier alpha value is -1.65. The second-order valence-corrected chi connectivity index (χ2v) is 3.95. The van der Waals surface area contributed by atoms with E-state index in [2.05, 4.69) is 4.74 Å². The van der Waals surface area contributed by atoms with E-state index in [4.69, 9.17) is 0 Å². The quantitative estimate of drug-likeness (QED) is 0.748. The van der Waals surface area contributed by atoms with E-state index in [0.29, 0.717) is 12.1 Å². The Morgan fingerprint density at radius 1 is 1.53 bits per heavy atom. The van der Waals surface area contributed by atoms with Crippen molar-refractivity contribution >= 4 is 5.97 Å². The van der Waals surface area contributed by atoms with Crippen molar-refractivity contribution in [2.24, 2.45) is 0 Å². The number of nitrogens with zero attached hydrogens (tertiary/aromatic N) is 1. The molecular formula is C12H14FNO3. The van der Waals surface area contributed by atoms with Gasteiger partial charge < -0.3 is 4.74 Å². The first-order valence-corrected chi connectivity index (χ1v) is 5.69. The molecule has 0 spiro atoms. The number of fused-ring (bicyclic) bond motifs is 1. The summed E-state index contributed by atoms with van der Waals surface area (Å²) < 4.78 is 19.4. The first kappa shape index (κ1) is 11.8. The average molecular weight is 239 g/mol. The molecule has 1 aromatic heterocycles. The summed E-state index contributed by atoms with van der Waals surface area (Å²) in [5.41, 5.74) is 1.07. The van der Waals surface area contributed by atoms with Crippen molar-refractivity contribution in [2.75, 3.05) is 6.61 Å². The lowest BCUT2D eigenvalue weighted by Gasteiger charge is -2.14. The van der Waals surface area contributed by atoms with Crippen LogP contribution in [-0.2, 0) is 22.4 Å². The molecule has 0 bridgehead atoms. The lowest BCUT2D eigenvalue weighted by Crippen LogP contribution is -2.30. The smallest absolute Gasteiger partial charge is 0.362 e. The highest BCUT2D eigenvalue weighted by Crippen LogP contribution is 2.23. The molecule has 1 atom stereocenters. The van der Waals surface area contributed by atoms with E-state index in [1.54, 1.807) is 13.0 Å². The standard InChI is InChI=1S/C12H14FNO3/c1-2-17-12(16)11(13)14-9-5-3-4-8(9)6-7-10(14)15/h6-7,11H,2-5H2,1H3. The number of rotatable bonds is 3. The van der Waals surface area contributed by atoms with Crippen molar-refractivity contribution in [1.82, 2.24) is 4.57 Å². The fourth-order valence-electron chi connectivity index (χ4n) is 2.16. The van der Waals surface area contributed by atoms with Crippen LogP contribution in [0.4, 0.5) is 4.39 Å². The number of alkyl halides is 1. The zero-order valence-electron chi connectivity index (χ0n) is 9.61. The Kier molecular flexibility index (Phi) is 3.26. The molecule has 1 aliphatic rings. The molecule has 0 saturated heterocycles. The number of hydrogen-bond donors (Lipinski definition) is 0. The van der Waals surface area contributed by atoms with Gasteiger partial charge in [-0.1, -0.05) is 6.07 Å². The number of pyridine rings is 1. The molecule has 0 aromatic carbocycles. The SMILES string of the molecule is CCOC(=O)C(F)n1c2c(ccc1=O)CCC2. The topological polar surface area (TPSA) is 48.3 Å². The van der Waals surface area contributed by atoms with Gasteiger partial charge in [0.2, 0.25) is 0 Å². The van der Waals surface area contributed by atoms with Gasteiger partial charge in [-0.3, -0.25) is 9.36 Å². The van der Waals surface area contributed by atoms with E-state index in [0.717, 1.165) is 23.0 Å². The third-order valence-electron chi connectivity index (χ3n) is 2.89. The van der Waals surface area contributed by atoms with E-state index in [-0.39, 0.29) is 6.61 Å². The van der Waals surface area contributed by atoms with Gasteiger partial charge in [-0.25, -0.2) is 9.18 Å². The maximum absolute atomic E-state index is 13.9. The van der Waals surface area contributed by atoms with Crippen LogP contribution in [0.25, 0.3) is 0 Å². The summed E-state index contributed by atoms with van der Waals surface area (Å²) in [7, 11) is 0. The summed E-state index contributed by atoms with van der Waals surface area (Å²) in [6.07, 6.45) is 0.306. The summed E-state index contributed by atoms with van der Waals surface area (Å²) in [4.78, 5) is 23.0. The molecule has 1 aliphatic carbocycles. The van der Waals surface area contributed by atoms with Gasteiger partial charge in [0.15, 0.2) is 0 Å². The monoisotopic (exact) mass is 239 g/mol. The lowest BCUT2D eigenvalue weighted by atomic mass is 10.2. The van der Waals surface area contributed by atoms with E-state index in [1.807, 2.05) is 0 Å². The van der Waals surface area contributed by atoms with Gasteiger partial charge >= 0.3 is 5.97 Å². The second kappa shape index (κ2) is 4.69. The largest absolute Gasteiger partial charge is 0.462 e. The highest BCUT2D eigenvalue weighted by molar-refractivity contribution is 5.72. The molecule has 92 valence electrons. The molecule has 0 N–H and O–H groups in total. The van der Waals surface area contributed by atoms with E-state index in [9.17, 15) is 14.0 Å². The number of halogens is 1. The molecular weight excluding hydrogens is 225 g/mol. The minimum absolute atomic E-state index is 0.100. The molecule has 1 aromatic rings. The Bertz CT molecular complexity index is 495. The van der Waals surface area contributed by atoms with Crippen molar-refractivity contribution in [1.29, 1.82) is 0 Å². The van der Waals surface area contributed by atoms with Crippen LogP contribution in [0.15, 0.2) is 16.9 Å². The van der Waals surface area contributed by atoms with Crippen molar-refractivity contribution < 1.29 is 13.9 Å². The first-order valence-electron chi connectivity index (χ1n) is 5.69. The van der Waals surface area contributed by atoms with Crippen LogP contribution in [0.1, 0.15) is 30.9 Å². The summed E-state index contributed by atoms with van der Waals surface area (Å²) >= 11 is 0. The summed E-state index contributed by atoms with van der Waals surface area (Å²) in [5.74, 6) is -1.00. The van der Waals surface area contributed by atoms with Crippen LogP contribution >= 0.6 is 0 Å². The fraction of sp³-hybridized carbons (Fsp3) is 0.500. The number of ether oxygens (including phenoxy) is 1. The number of aryl methyl sites for hydroxylation is 1. The Labute approximate surface area is 98.0 Å². The van der Waals surface area contributed by atoms with Crippen molar-refractivity contribution in [3.63, 3.8) is 0 Å². The van der Waals surface area contributed by atoms with Crippen molar-refractivity contribution in [3.8, 4) is 0 Å². The van der Waals surface area contributed by atoms with Gasteiger partial charge in [-0.15, -0.1) is 0 Å². The fourth-order valence-corrected chi connectivity index (χ4v) is 2.16. The molecule has 4 nitrogen and oxygen atoms in total. The van der Waals surface area contributed by atoms with E-state index < -0.39 is 17.8 Å². The number of carbonyl (C=O) groups is 1. The number of hydrogen-bond acceptors (Lipinski definition) is 3. The van der Waals surface area contributed by atoms with Gasteiger partial charge in [-0.05, 0) is 31.7 Å². The van der Waals surface area contributed by atoms with Crippen LogP contribution in [-0.4, -0.2) is 17.1 Å². The minimum atomic E-state index is -2.03. The van der Waals surface area contributed by atoms with Gasteiger partial charge in [0.25, 0.3) is 11.9 Å². The highest BCUT2D eigenvalue weighted by Gasteiger charge is 2.27. The van der Waals surface area contributed by atoms with E-state index >= 15 is 0 Å². The van der Waals surface area contributed by atoms with Crippen molar-refractivity contribution in [2.45, 2.75) is 32.5 Å². The van der Waals surface area contributed by atoms with Crippen molar-refractivity contribution in [3.05, 3.63) is 33.7 Å². The average Bonchev–Trinajstić information content (AvgIpc) is 2.76.